The summed E-state index contributed by atoms with van der Waals surface area (Å²) in [6.45, 7) is 8.52. The molecule has 0 fully saturated rings. The van der Waals surface area contributed by atoms with Crippen molar-refractivity contribution in [2.75, 3.05) is 31.1 Å². The van der Waals surface area contributed by atoms with E-state index in [1.54, 1.807) is 0 Å². The van der Waals surface area contributed by atoms with E-state index in [4.69, 9.17) is 0 Å². The van der Waals surface area contributed by atoms with E-state index in [9.17, 15) is 5.11 Å². The first-order valence-corrected chi connectivity index (χ1v) is 9.78. The molecule has 2 aromatic carbocycles. The average molecular weight is 369 g/mol. The summed E-state index contributed by atoms with van der Waals surface area (Å²) in [5, 5.41) is 16.1. The lowest BCUT2D eigenvalue weighted by atomic mass is 10.1. The van der Waals surface area contributed by atoms with Gasteiger partial charge in [0.15, 0.2) is 5.96 Å². The molecule has 2 aromatic rings. The number of para-hydroxylation sites is 1. The SMILES string of the molecule is CCNC(=NCc1ccccc1CO)NCCCN(CC)c1ccccc1. The molecule has 3 N–H and O–H groups in total. The van der Waals surface area contributed by atoms with Crippen LogP contribution < -0.4 is 15.5 Å². The lowest BCUT2D eigenvalue weighted by Crippen LogP contribution is -2.38. The molecule has 0 saturated carbocycles. The molecule has 2 rings (SSSR count). The third-order valence-electron chi connectivity index (χ3n) is 4.44. The maximum absolute atomic E-state index is 9.45. The second-order valence-electron chi connectivity index (χ2n) is 6.32. The lowest BCUT2D eigenvalue weighted by Gasteiger charge is -2.23. The highest BCUT2D eigenvalue weighted by molar-refractivity contribution is 5.79. The van der Waals surface area contributed by atoms with Gasteiger partial charge >= 0.3 is 0 Å². The van der Waals surface area contributed by atoms with Crippen molar-refractivity contribution in [1.82, 2.24) is 10.6 Å². The van der Waals surface area contributed by atoms with Gasteiger partial charge in [-0.1, -0.05) is 42.5 Å². The van der Waals surface area contributed by atoms with Crippen LogP contribution in [0.5, 0.6) is 0 Å². The first kappa shape index (κ1) is 20.8. The van der Waals surface area contributed by atoms with Gasteiger partial charge in [0.05, 0.1) is 13.2 Å². The van der Waals surface area contributed by atoms with Gasteiger partial charge in [-0.15, -0.1) is 0 Å². The Morgan fingerprint density at radius 3 is 2.33 bits per heavy atom. The fourth-order valence-electron chi connectivity index (χ4n) is 2.96. The number of guanidine groups is 1. The van der Waals surface area contributed by atoms with Crippen LogP contribution in [0.4, 0.5) is 5.69 Å². The normalized spacial score (nSPS) is 11.3. The van der Waals surface area contributed by atoms with Crippen molar-refractivity contribution < 1.29 is 5.11 Å². The molecule has 27 heavy (non-hydrogen) atoms. The van der Waals surface area contributed by atoms with Crippen LogP contribution >= 0.6 is 0 Å². The largest absolute Gasteiger partial charge is 0.392 e. The van der Waals surface area contributed by atoms with E-state index < -0.39 is 0 Å². The summed E-state index contributed by atoms with van der Waals surface area (Å²) >= 11 is 0. The Hall–Kier alpha value is -2.53. The smallest absolute Gasteiger partial charge is 0.191 e. The highest BCUT2D eigenvalue weighted by Gasteiger charge is 2.04. The molecule has 0 bridgehead atoms. The quantitative estimate of drug-likeness (QED) is 0.343. The second-order valence-corrected chi connectivity index (χ2v) is 6.32. The van der Waals surface area contributed by atoms with Crippen LogP contribution in [-0.4, -0.2) is 37.2 Å². The highest BCUT2D eigenvalue weighted by atomic mass is 16.3. The van der Waals surface area contributed by atoms with Crippen molar-refractivity contribution in [1.29, 1.82) is 0 Å². The maximum Gasteiger partial charge on any atom is 0.191 e. The molecule has 0 saturated heterocycles. The number of aliphatic hydroxyl groups excluding tert-OH is 1. The summed E-state index contributed by atoms with van der Waals surface area (Å²) in [5.74, 6) is 0.813. The van der Waals surface area contributed by atoms with Crippen molar-refractivity contribution in [3.05, 3.63) is 65.7 Å². The molecule has 0 amide bonds. The zero-order valence-electron chi connectivity index (χ0n) is 16.5. The van der Waals surface area contributed by atoms with Gasteiger partial charge in [0.25, 0.3) is 0 Å². The summed E-state index contributed by atoms with van der Waals surface area (Å²) in [5.41, 5.74) is 3.25. The third-order valence-corrected chi connectivity index (χ3v) is 4.44. The molecule has 0 aliphatic heterocycles. The molecule has 0 unspecified atom stereocenters. The molecule has 0 aliphatic rings. The molecule has 0 radical (unpaired) electrons. The Morgan fingerprint density at radius 1 is 0.963 bits per heavy atom. The van der Waals surface area contributed by atoms with Crippen LogP contribution in [-0.2, 0) is 13.2 Å². The van der Waals surface area contributed by atoms with Gasteiger partial charge in [-0.25, -0.2) is 4.99 Å². The molecule has 146 valence electrons. The van der Waals surface area contributed by atoms with Gasteiger partial charge in [-0.05, 0) is 43.5 Å². The lowest BCUT2D eigenvalue weighted by molar-refractivity contribution is 0.280. The van der Waals surface area contributed by atoms with Crippen molar-refractivity contribution in [2.24, 2.45) is 4.99 Å². The summed E-state index contributed by atoms with van der Waals surface area (Å²) in [7, 11) is 0. The number of aliphatic hydroxyl groups is 1. The van der Waals surface area contributed by atoms with Crippen LogP contribution in [0.2, 0.25) is 0 Å². The monoisotopic (exact) mass is 368 g/mol. The fourth-order valence-corrected chi connectivity index (χ4v) is 2.96. The summed E-state index contributed by atoms with van der Waals surface area (Å²) < 4.78 is 0. The minimum absolute atomic E-state index is 0.0437. The summed E-state index contributed by atoms with van der Waals surface area (Å²) in [4.78, 5) is 7.04. The molecule has 0 aromatic heterocycles. The molecule has 5 heteroatoms. The van der Waals surface area contributed by atoms with Crippen LogP contribution in [0.15, 0.2) is 59.6 Å². The molecule has 0 spiro atoms. The zero-order chi connectivity index (χ0) is 19.3. The molecule has 0 heterocycles. The van der Waals surface area contributed by atoms with E-state index in [1.165, 1.54) is 5.69 Å². The molecule has 5 nitrogen and oxygen atoms in total. The van der Waals surface area contributed by atoms with Crippen molar-refractivity contribution >= 4 is 11.6 Å². The van der Waals surface area contributed by atoms with E-state index in [1.807, 2.05) is 30.3 Å². The number of hydrogen-bond donors (Lipinski definition) is 3. The molecule has 0 atom stereocenters. The topological polar surface area (TPSA) is 59.9 Å². The maximum atomic E-state index is 9.45. The summed E-state index contributed by atoms with van der Waals surface area (Å²) in [6.07, 6.45) is 1.03. The van der Waals surface area contributed by atoms with Gasteiger partial charge in [0.1, 0.15) is 0 Å². The van der Waals surface area contributed by atoms with E-state index in [2.05, 4.69) is 58.6 Å². The fraction of sp³-hybridized carbons (Fsp3) is 0.409. The first-order valence-electron chi connectivity index (χ1n) is 9.78. The zero-order valence-corrected chi connectivity index (χ0v) is 16.5. The predicted octanol–water partition coefficient (Wildman–Crippen LogP) is 3.15. The Morgan fingerprint density at radius 2 is 1.67 bits per heavy atom. The number of anilines is 1. The number of rotatable bonds is 10. The Labute approximate surface area is 163 Å². The van der Waals surface area contributed by atoms with Gasteiger partial charge in [0, 0.05) is 31.9 Å². The van der Waals surface area contributed by atoms with Crippen molar-refractivity contribution in [3.63, 3.8) is 0 Å². The third kappa shape index (κ3) is 6.94. The minimum atomic E-state index is 0.0437. The number of aliphatic imine (C=N–C) groups is 1. The average Bonchev–Trinajstić information content (AvgIpc) is 2.72. The number of nitrogens with one attached hydrogen (secondary N) is 2. The number of nitrogens with zero attached hydrogens (tertiary/aromatic N) is 2. The van der Waals surface area contributed by atoms with Gasteiger partial charge < -0.3 is 20.6 Å². The van der Waals surface area contributed by atoms with Gasteiger partial charge in [-0.3, -0.25) is 0 Å². The highest BCUT2D eigenvalue weighted by Crippen LogP contribution is 2.13. The van der Waals surface area contributed by atoms with Gasteiger partial charge in [-0.2, -0.15) is 0 Å². The second kappa shape index (κ2) is 12.0. The Kier molecular flexibility index (Phi) is 9.21. The summed E-state index contributed by atoms with van der Waals surface area (Å²) in [6, 6.07) is 18.4. The number of benzene rings is 2. The Balaban J connectivity index is 1.85. The van der Waals surface area contributed by atoms with E-state index in [0.29, 0.717) is 6.54 Å². The van der Waals surface area contributed by atoms with Crippen LogP contribution in [0.3, 0.4) is 0 Å². The van der Waals surface area contributed by atoms with Crippen LogP contribution in [0, 0.1) is 0 Å². The first-order chi connectivity index (χ1) is 13.3. The van der Waals surface area contributed by atoms with E-state index >= 15 is 0 Å². The van der Waals surface area contributed by atoms with Gasteiger partial charge in [0.2, 0.25) is 0 Å². The van der Waals surface area contributed by atoms with Crippen molar-refractivity contribution in [2.45, 2.75) is 33.4 Å². The molecular formula is C22H32N4O. The standard InChI is InChI=1S/C22H32N4O/c1-3-23-22(25-17-19-11-8-9-12-20(19)18-27)24-15-10-16-26(4-2)21-13-6-5-7-14-21/h5-9,11-14,27H,3-4,10,15-18H2,1-2H3,(H2,23,24,25). The minimum Gasteiger partial charge on any atom is -0.392 e. The molecular weight excluding hydrogens is 336 g/mol. The van der Waals surface area contributed by atoms with E-state index in [-0.39, 0.29) is 6.61 Å². The van der Waals surface area contributed by atoms with Crippen LogP contribution in [0.1, 0.15) is 31.4 Å². The molecule has 0 aliphatic carbocycles. The van der Waals surface area contributed by atoms with Crippen molar-refractivity contribution in [3.8, 4) is 0 Å². The number of hydrogen-bond acceptors (Lipinski definition) is 3. The Bertz CT molecular complexity index is 688. The predicted molar refractivity (Wildman–Crippen MR) is 114 cm³/mol. The van der Waals surface area contributed by atoms with Crippen LogP contribution in [0.25, 0.3) is 0 Å². The van der Waals surface area contributed by atoms with E-state index in [0.717, 1.165) is 49.7 Å².